The lowest BCUT2D eigenvalue weighted by atomic mass is 10.1. The van der Waals surface area contributed by atoms with Gasteiger partial charge in [-0.15, -0.1) is 0 Å². The Labute approximate surface area is 82.5 Å². The minimum absolute atomic E-state index is 0.139. The van der Waals surface area contributed by atoms with Crippen molar-refractivity contribution in [3.63, 3.8) is 0 Å². The Balaban J connectivity index is 2.98. The van der Waals surface area contributed by atoms with Crippen LogP contribution < -0.4 is 10.1 Å². The van der Waals surface area contributed by atoms with Crippen molar-refractivity contribution < 1.29 is 14.2 Å². The largest absolute Gasteiger partial charge is 0.497 e. The Morgan fingerprint density at radius 2 is 2.29 bits per heavy atom. The highest BCUT2D eigenvalue weighted by atomic mass is 19.1. The molecule has 0 heterocycles. The summed E-state index contributed by atoms with van der Waals surface area (Å²) in [6.07, 6.45) is 0. The van der Waals surface area contributed by atoms with Crippen LogP contribution in [-0.2, 0) is 0 Å². The molecule has 0 aliphatic heterocycles. The molecule has 14 heavy (non-hydrogen) atoms. The van der Waals surface area contributed by atoms with Gasteiger partial charge in [0.25, 0.3) is 0 Å². The van der Waals surface area contributed by atoms with Crippen LogP contribution in [0.4, 0.5) is 4.39 Å². The van der Waals surface area contributed by atoms with E-state index in [0.717, 1.165) is 0 Å². The maximum Gasteiger partial charge on any atom is 0.131 e. The van der Waals surface area contributed by atoms with Crippen LogP contribution in [0.1, 0.15) is 11.6 Å². The number of benzene rings is 1. The number of methoxy groups -OCH3 is 1. The average Bonchev–Trinajstić information content (AvgIpc) is 2.22. The van der Waals surface area contributed by atoms with Crippen LogP contribution in [0.2, 0.25) is 0 Å². The van der Waals surface area contributed by atoms with Crippen molar-refractivity contribution in [2.75, 3.05) is 20.8 Å². The summed E-state index contributed by atoms with van der Waals surface area (Å²) < 4.78 is 18.3. The molecule has 0 saturated carbocycles. The normalized spacial score (nSPS) is 12.6. The highest BCUT2D eigenvalue weighted by Gasteiger charge is 2.13. The van der Waals surface area contributed by atoms with Crippen LogP contribution in [0.15, 0.2) is 18.2 Å². The first-order valence-electron chi connectivity index (χ1n) is 4.34. The fraction of sp³-hybridized carbons (Fsp3) is 0.400. The van der Waals surface area contributed by atoms with E-state index in [1.807, 2.05) is 0 Å². The Kier molecular flexibility index (Phi) is 3.85. The number of rotatable bonds is 4. The Morgan fingerprint density at radius 3 is 2.71 bits per heavy atom. The average molecular weight is 199 g/mol. The van der Waals surface area contributed by atoms with Gasteiger partial charge < -0.3 is 15.2 Å². The zero-order valence-electron chi connectivity index (χ0n) is 8.25. The fourth-order valence-electron chi connectivity index (χ4n) is 1.26. The van der Waals surface area contributed by atoms with Crippen LogP contribution in [0, 0.1) is 5.82 Å². The molecule has 0 aliphatic rings. The molecule has 3 nitrogen and oxygen atoms in total. The Morgan fingerprint density at radius 1 is 1.57 bits per heavy atom. The Bertz CT molecular complexity index is 300. The van der Waals surface area contributed by atoms with Gasteiger partial charge in [0.05, 0.1) is 19.8 Å². The van der Waals surface area contributed by atoms with Crippen molar-refractivity contribution in [3.8, 4) is 5.75 Å². The summed E-state index contributed by atoms with van der Waals surface area (Å²) in [5.74, 6) is 0.0943. The summed E-state index contributed by atoms with van der Waals surface area (Å²) >= 11 is 0. The van der Waals surface area contributed by atoms with Crippen molar-refractivity contribution in [1.29, 1.82) is 0 Å². The van der Waals surface area contributed by atoms with E-state index in [4.69, 9.17) is 9.84 Å². The molecule has 0 fully saturated rings. The van der Waals surface area contributed by atoms with Crippen molar-refractivity contribution in [2.24, 2.45) is 0 Å². The third kappa shape index (κ3) is 2.21. The lowest BCUT2D eigenvalue weighted by Crippen LogP contribution is -2.21. The first-order chi connectivity index (χ1) is 6.72. The summed E-state index contributed by atoms with van der Waals surface area (Å²) in [4.78, 5) is 0. The second kappa shape index (κ2) is 4.93. The van der Waals surface area contributed by atoms with Crippen molar-refractivity contribution in [3.05, 3.63) is 29.6 Å². The van der Waals surface area contributed by atoms with Crippen LogP contribution in [0.3, 0.4) is 0 Å². The molecule has 1 rings (SSSR count). The van der Waals surface area contributed by atoms with Gasteiger partial charge >= 0.3 is 0 Å². The van der Waals surface area contributed by atoms with E-state index in [1.165, 1.54) is 13.2 Å². The van der Waals surface area contributed by atoms with E-state index in [1.54, 1.807) is 19.2 Å². The van der Waals surface area contributed by atoms with Crippen molar-refractivity contribution in [2.45, 2.75) is 6.04 Å². The molecule has 4 heteroatoms. The zero-order chi connectivity index (χ0) is 10.6. The predicted molar refractivity (Wildman–Crippen MR) is 51.8 cm³/mol. The second-order valence-corrected chi connectivity index (χ2v) is 2.91. The molecule has 1 aromatic carbocycles. The maximum absolute atomic E-state index is 13.4. The number of nitrogens with one attached hydrogen (secondary N) is 1. The quantitative estimate of drug-likeness (QED) is 0.762. The summed E-state index contributed by atoms with van der Waals surface area (Å²) in [7, 11) is 3.15. The van der Waals surface area contributed by atoms with Gasteiger partial charge in [0, 0.05) is 11.6 Å². The topological polar surface area (TPSA) is 41.5 Å². The van der Waals surface area contributed by atoms with Gasteiger partial charge in [-0.25, -0.2) is 4.39 Å². The molecule has 2 N–H and O–H groups in total. The number of ether oxygens (including phenoxy) is 1. The molecule has 0 bridgehead atoms. The number of aliphatic hydroxyl groups excluding tert-OH is 1. The smallest absolute Gasteiger partial charge is 0.131 e. The number of likely N-dealkylation sites (N-methyl/N-ethyl adjacent to an activating group) is 1. The van der Waals surface area contributed by atoms with Gasteiger partial charge in [0.15, 0.2) is 0 Å². The maximum atomic E-state index is 13.4. The summed E-state index contributed by atoms with van der Waals surface area (Å²) in [5.41, 5.74) is 0.441. The molecule has 0 spiro atoms. The van der Waals surface area contributed by atoms with Crippen molar-refractivity contribution >= 4 is 0 Å². The third-order valence-electron chi connectivity index (χ3n) is 2.11. The molecule has 0 aliphatic carbocycles. The molecule has 0 aromatic heterocycles. The molecule has 1 atom stereocenters. The van der Waals surface area contributed by atoms with Gasteiger partial charge in [-0.1, -0.05) is 6.07 Å². The SMILES string of the molecule is CN[C@H](CO)c1ccc(OC)cc1F. The number of hydrogen-bond acceptors (Lipinski definition) is 3. The van der Waals surface area contributed by atoms with E-state index in [-0.39, 0.29) is 18.5 Å². The van der Waals surface area contributed by atoms with E-state index in [9.17, 15) is 4.39 Å². The highest BCUT2D eigenvalue weighted by Crippen LogP contribution is 2.21. The Hall–Kier alpha value is -1.13. The number of hydrogen-bond donors (Lipinski definition) is 2. The highest BCUT2D eigenvalue weighted by molar-refractivity contribution is 5.30. The third-order valence-corrected chi connectivity index (χ3v) is 2.11. The summed E-state index contributed by atoms with van der Waals surface area (Å²) in [5, 5.41) is 11.8. The molecule has 0 saturated heterocycles. The summed E-state index contributed by atoms with van der Waals surface area (Å²) in [6.45, 7) is -0.139. The molecule has 0 radical (unpaired) electrons. The lowest BCUT2D eigenvalue weighted by Gasteiger charge is -2.14. The molecule has 0 amide bonds. The van der Waals surface area contributed by atoms with Gasteiger partial charge in [0.1, 0.15) is 11.6 Å². The van der Waals surface area contributed by atoms with E-state index in [2.05, 4.69) is 5.32 Å². The summed E-state index contributed by atoms with van der Waals surface area (Å²) in [6, 6.07) is 4.19. The first-order valence-corrected chi connectivity index (χ1v) is 4.34. The molecule has 0 unspecified atom stereocenters. The van der Waals surface area contributed by atoms with Crippen LogP contribution >= 0.6 is 0 Å². The van der Waals surface area contributed by atoms with Gasteiger partial charge in [-0.05, 0) is 13.1 Å². The predicted octanol–water partition coefficient (Wildman–Crippen LogP) is 1.09. The monoisotopic (exact) mass is 199 g/mol. The fourth-order valence-corrected chi connectivity index (χ4v) is 1.26. The molecule has 1 aromatic rings. The van der Waals surface area contributed by atoms with Crippen LogP contribution in [-0.4, -0.2) is 25.9 Å². The van der Waals surface area contributed by atoms with Gasteiger partial charge in [-0.2, -0.15) is 0 Å². The zero-order valence-corrected chi connectivity index (χ0v) is 8.25. The lowest BCUT2D eigenvalue weighted by molar-refractivity contribution is 0.248. The first kappa shape index (κ1) is 10.9. The van der Waals surface area contributed by atoms with Gasteiger partial charge in [-0.3, -0.25) is 0 Å². The number of halogens is 1. The molecule has 78 valence electrons. The second-order valence-electron chi connectivity index (χ2n) is 2.91. The van der Waals surface area contributed by atoms with E-state index in [0.29, 0.717) is 11.3 Å². The standard InChI is InChI=1S/C10H14FNO2/c1-12-10(6-13)8-4-3-7(14-2)5-9(8)11/h3-5,10,12-13H,6H2,1-2H3/t10-/m1/s1. The minimum atomic E-state index is -0.377. The molecular weight excluding hydrogens is 185 g/mol. The number of aliphatic hydroxyl groups is 1. The van der Waals surface area contributed by atoms with Crippen LogP contribution in [0.25, 0.3) is 0 Å². The van der Waals surface area contributed by atoms with Crippen LogP contribution in [0.5, 0.6) is 5.75 Å². The van der Waals surface area contributed by atoms with E-state index < -0.39 is 0 Å². The minimum Gasteiger partial charge on any atom is -0.497 e. The van der Waals surface area contributed by atoms with E-state index >= 15 is 0 Å². The molecular formula is C10H14FNO2. The van der Waals surface area contributed by atoms with Gasteiger partial charge in [0.2, 0.25) is 0 Å². The van der Waals surface area contributed by atoms with Crippen molar-refractivity contribution in [1.82, 2.24) is 5.32 Å².